The van der Waals surface area contributed by atoms with E-state index in [-0.39, 0.29) is 30.2 Å². The molecule has 0 aromatic heterocycles. The molecule has 1 amide bonds. The molecule has 1 heterocycles. The Morgan fingerprint density at radius 2 is 1.94 bits per heavy atom. The first-order chi connectivity index (χ1) is 15.2. The largest absolute Gasteiger partial charge is 0.459 e. The van der Waals surface area contributed by atoms with Crippen LogP contribution in [0.3, 0.4) is 0 Å². The number of nitrogens with one attached hydrogen (secondary N) is 1. The van der Waals surface area contributed by atoms with Crippen LogP contribution in [0.25, 0.3) is 0 Å². The second-order valence-corrected chi connectivity index (χ2v) is 8.87. The molecule has 1 aliphatic carbocycles. The molecule has 3 atom stereocenters. The Morgan fingerprint density at radius 3 is 2.56 bits per heavy atom. The summed E-state index contributed by atoms with van der Waals surface area (Å²) in [5.41, 5.74) is 3.44. The molecule has 8 heteroatoms. The van der Waals surface area contributed by atoms with E-state index in [1.807, 2.05) is 33.8 Å². The van der Waals surface area contributed by atoms with Gasteiger partial charge in [-0.2, -0.15) is 0 Å². The summed E-state index contributed by atoms with van der Waals surface area (Å²) in [6.07, 6.45) is 1.47. The van der Waals surface area contributed by atoms with Gasteiger partial charge in [0.05, 0.1) is 12.5 Å². The van der Waals surface area contributed by atoms with E-state index >= 15 is 0 Å². The van der Waals surface area contributed by atoms with Crippen molar-refractivity contribution in [1.29, 1.82) is 0 Å². The first-order valence-corrected chi connectivity index (χ1v) is 11.0. The summed E-state index contributed by atoms with van der Waals surface area (Å²) >= 11 is 0. The number of amides is 1. The zero-order valence-corrected chi connectivity index (χ0v) is 18.9. The van der Waals surface area contributed by atoms with Crippen molar-refractivity contribution < 1.29 is 28.6 Å². The summed E-state index contributed by atoms with van der Waals surface area (Å²) in [7, 11) is 1.64. The summed E-state index contributed by atoms with van der Waals surface area (Å²) in [6.45, 7) is 8.01. The quantitative estimate of drug-likeness (QED) is 0.501. The van der Waals surface area contributed by atoms with Crippen LogP contribution in [-0.2, 0) is 25.7 Å². The Kier molecular flexibility index (Phi) is 7.90. The molecule has 3 rings (SSSR count). The maximum absolute atomic E-state index is 13.3. The third-order valence-corrected chi connectivity index (χ3v) is 5.80. The van der Waals surface area contributed by atoms with Gasteiger partial charge in [0, 0.05) is 0 Å². The minimum Gasteiger partial charge on any atom is -0.459 e. The smallest absolute Gasteiger partial charge is 0.329 e. The van der Waals surface area contributed by atoms with Crippen LogP contribution in [0.1, 0.15) is 39.7 Å². The Labute approximate surface area is 189 Å². The van der Waals surface area contributed by atoms with Gasteiger partial charge in [-0.15, -0.1) is 0 Å². The molecule has 1 radical (unpaired) electrons. The summed E-state index contributed by atoms with van der Waals surface area (Å²) < 4.78 is 23.7. The Hall–Kier alpha value is -2.45. The molecule has 1 aromatic carbocycles. The lowest BCUT2D eigenvalue weighted by Crippen LogP contribution is -2.48. The predicted molar refractivity (Wildman–Crippen MR) is 119 cm³/mol. The minimum absolute atomic E-state index is 0.00186. The van der Waals surface area contributed by atoms with E-state index in [0.29, 0.717) is 18.6 Å². The van der Waals surface area contributed by atoms with Crippen LogP contribution in [0.4, 0.5) is 4.39 Å². The molecular weight excluding hydrogens is 412 g/mol. The second kappa shape index (κ2) is 10.4. The number of benzene rings is 1. The third kappa shape index (κ3) is 5.67. The van der Waals surface area contributed by atoms with E-state index in [2.05, 4.69) is 5.32 Å². The molecule has 1 fully saturated rings. The van der Waals surface area contributed by atoms with Crippen LogP contribution in [0.2, 0.25) is 0 Å². The topological polar surface area (TPSA) is 84.9 Å². The number of allylic oxidation sites excluding steroid dienone is 1. The fourth-order valence-electron chi connectivity index (χ4n) is 4.11. The van der Waals surface area contributed by atoms with Gasteiger partial charge in [0.1, 0.15) is 24.7 Å². The Morgan fingerprint density at radius 1 is 1.25 bits per heavy atom. The molecule has 32 heavy (non-hydrogen) atoms. The average molecular weight is 442 g/mol. The fraction of sp³-hybridized carbons (Fsp3) is 0.500. The average Bonchev–Trinajstić information content (AvgIpc) is 2.75. The molecule has 2 aliphatic rings. The summed E-state index contributed by atoms with van der Waals surface area (Å²) in [5.74, 6) is -1.68. The van der Waals surface area contributed by atoms with E-state index in [0.717, 1.165) is 16.6 Å². The molecule has 2 unspecified atom stereocenters. The molecule has 2 N–H and O–H groups in total. The van der Waals surface area contributed by atoms with Gasteiger partial charge in [0.2, 0.25) is 13.2 Å². The maximum Gasteiger partial charge on any atom is 0.329 e. The molecule has 1 saturated heterocycles. The van der Waals surface area contributed by atoms with Crippen molar-refractivity contribution in [1.82, 2.24) is 5.32 Å². The van der Waals surface area contributed by atoms with E-state index in [1.165, 1.54) is 12.1 Å². The van der Waals surface area contributed by atoms with Crippen molar-refractivity contribution in [2.24, 2.45) is 17.8 Å². The van der Waals surface area contributed by atoms with Gasteiger partial charge in [-0.05, 0) is 41.5 Å². The van der Waals surface area contributed by atoms with Gasteiger partial charge < -0.3 is 19.9 Å². The van der Waals surface area contributed by atoms with Crippen molar-refractivity contribution in [2.75, 3.05) is 6.61 Å². The summed E-state index contributed by atoms with van der Waals surface area (Å²) in [5, 5.41) is 12.8. The lowest BCUT2D eigenvalue weighted by Gasteiger charge is -2.35. The molecular formula is C24H30BFNO5. The number of aliphatic hydroxyl groups excluding tert-OH is 1. The zero-order valence-electron chi connectivity index (χ0n) is 18.9. The molecule has 0 saturated carbocycles. The molecule has 171 valence electrons. The highest BCUT2D eigenvalue weighted by atomic mass is 19.1. The predicted octanol–water partition coefficient (Wildman–Crippen LogP) is 2.88. The number of carbonyl (C=O) groups is 2. The number of rotatable bonds is 7. The summed E-state index contributed by atoms with van der Waals surface area (Å²) in [6, 6.07) is 4.91. The summed E-state index contributed by atoms with van der Waals surface area (Å²) in [4.78, 5) is 26.0. The lowest BCUT2D eigenvalue weighted by molar-refractivity contribution is -0.150. The number of esters is 1. The molecule has 0 bridgehead atoms. The minimum atomic E-state index is -0.998. The van der Waals surface area contributed by atoms with Gasteiger partial charge in [0.25, 0.3) is 0 Å². The highest BCUT2D eigenvalue weighted by Crippen LogP contribution is 2.37. The number of halogens is 1. The highest BCUT2D eigenvalue weighted by Gasteiger charge is 2.36. The maximum atomic E-state index is 13.3. The standard InChI is InChI=1S/C24H30BFNO5/c1-13(2)19-18(10-7-16-12-32-24(30)25-20(16)19)22(28)27-21(14(3)4)23(29)31-11-15-5-8-17(26)9-6-15/h5-9,13-14,18,21,24,30H,10-12H2,1-4H3,(H,27,28)/t18?,21-,24?/m0/s1. The van der Waals surface area contributed by atoms with Crippen LogP contribution in [0, 0.1) is 23.6 Å². The van der Waals surface area contributed by atoms with Gasteiger partial charge in [-0.1, -0.05) is 56.9 Å². The first-order valence-electron chi connectivity index (χ1n) is 11.0. The van der Waals surface area contributed by atoms with E-state index in [4.69, 9.17) is 9.47 Å². The highest BCUT2D eigenvalue weighted by molar-refractivity contribution is 6.48. The van der Waals surface area contributed by atoms with Gasteiger partial charge in [0.15, 0.2) is 0 Å². The second-order valence-electron chi connectivity index (χ2n) is 8.87. The number of carbonyl (C=O) groups excluding carboxylic acids is 2. The number of ether oxygens (including phenoxy) is 2. The van der Waals surface area contributed by atoms with Crippen molar-refractivity contribution in [2.45, 2.75) is 53.0 Å². The van der Waals surface area contributed by atoms with Crippen molar-refractivity contribution in [3.63, 3.8) is 0 Å². The van der Waals surface area contributed by atoms with Gasteiger partial charge >= 0.3 is 5.97 Å². The number of aliphatic hydroxyl groups is 1. The monoisotopic (exact) mass is 442 g/mol. The van der Waals surface area contributed by atoms with Crippen molar-refractivity contribution >= 4 is 19.2 Å². The van der Waals surface area contributed by atoms with Crippen molar-refractivity contribution in [3.05, 3.63) is 58.3 Å². The van der Waals surface area contributed by atoms with E-state index in [1.54, 1.807) is 19.4 Å². The molecule has 6 nitrogen and oxygen atoms in total. The van der Waals surface area contributed by atoms with Gasteiger partial charge in [-0.25, -0.2) is 9.18 Å². The molecule has 1 aliphatic heterocycles. The van der Waals surface area contributed by atoms with Crippen LogP contribution in [0.5, 0.6) is 0 Å². The molecule has 0 spiro atoms. The number of fused-ring (bicyclic) bond motifs is 1. The first kappa shape index (κ1) is 24.2. The van der Waals surface area contributed by atoms with Crippen LogP contribution >= 0.6 is 0 Å². The number of hydrogen-bond acceptors (Lipinski definition) is 5. The lowest BCUT2D eigenvalue weighted by atomic mass is 9.57. The van der Waals surface area contributed by atoms with Crippen LogP contribution in [-0.4, -0.2) is 43.1 Å². The van der Waals surface area contributed by atoms with E-state index < -0.39 is 24.1 Å². The van der Waals surface area contributed by atoms with Gasteiger partial charge in [-0.3, -0.25) is 4.79 Å². The van der Waals surface area contributed by atoms with Crippen molar-refractivity contribution in [3.8, 4) is 0 Å². The fourth-order valence-corrected chi connectivity index (χ4v) is 4.11. The van der Waals surface area contributed by atoms with E-state index in [9.17, 15) is 19.1 Å². The van der Waals surface area contributed by atoms with Crippen LogP contribution < -0.4 is 5.32 Å². The Balaban J connectivity index is 1.71. The SMILES string of the molecule is CC(C)C1=C2[B]C(O)OCC2=CCC1C(=O)N[C@H](C(=O)OCc1ccc(F)cc1)C(C)C. The van der Waals surface area contributed by atoms with Crippen LogP contribution in [0.15, 0.2) is 47.0 Å². The normalized spacial score (nSPS) is 21.6. The molecule has 1 aromatic rings. The third-order valence-electron chi connectivity index (χ3n) is 5.80. The Bertz CT molecular complexity index is 909. The zero-order chi connectivity index (χ0) is 23.4. The number of hydrogen-bond donors (Lipinski definition) is 2.